The van der Waals surface area contributed by atoms with Crippen molar-refractivity contribution in [2.24, 2.45) is 13.0 Å². The standard InChI is InChI=1S/C21H23FN6O/c1-26-9-12(8-24-26)18-7-16-19(4-5-23-20(16)25-18)27-10-13-2-3-14(11-27)28(13)21(29)15-6-17(15)22/h4-5,7-9,13-15,17H,2-3,6,10-11H2,1H3,(H,23,25)/t13?,14?,15-,17-/m1/s1. The third kappa shape index (κ3) is 2.65. The number of hydrogen-bond donors (Lipinski definition) is 1. The van der Waals surface area contributed by atoms with Gasteiger partial charge in [-0.25, -0.2) is 9.37 Å². The lowest BCUT2D eigenvalue weighted by atomic mass is 10.1. The van der Waals surface area contributed by atoms with Crippen molar-refractivity contribution in [3.8, 4) is 11.3 Å². The SMILES string of the molecule is Cn1cc(-c2cc3c(N4CC5CCC(C4)N5C(=O)[C@@H]4C[C@H]4F)ccnc3[nH]2)cn1. The van der Waals surface area contributed by atoms with E-state index in [1.54, 1.807) is 4.68 Å². The minimum Gasteiger partial charge on any atom is -0.367 e. The smallest absolute Gasteiger partial charge is 0.229 e. The number of anilines is 1. The molecule has 4 atom stereocenters. The molecular weight excluding hydrogens is 371 g/mol. The number of alkyl halides is 1. The van der Waals surface area contributed by atoms with Crippen LogP contribution in [0.25, 0.3) is 22.3 Å². The van der Waals surface area contributed by atoms with Crippen molar-refractivity contribution >= 4 is 22.6 Å². The highest BCUT2D eigenvalue weighted by Gasteiger charge is 2.51. The molecule has 5 heterocycles. The van der Waals surface area contributed by atoms with Gasteiger partial charge in [0, 0.05) is 61.3 Å². The molecule has 1 aliphatic carbocycles. The van der Waals surface area contributed by atoms with E-state index in [0.717, 1.165) is 53.9 Å². The Bertz CT molecular complexity index is 1090. The van der Waals surface area contributed by atoms with Gasteiger partial charge in [0.05, 0.1) is 17.8 Å². The molecule has 2 saturated heterocycles. The predicted molar refractivity (Wildman–Crippen MR) is 107 cm³/mol. The molecule has 2 aliphatic heterocycles. The monoisotopic (exact) mass is 394 g/mol. The van der Waals surface area contributed by atoms with Crippen molar-refractivity contribution < 1.29 is 9.18 Å². The van der Waals surface area contributed by atoms with Crippen molar-refractivity contribution in [2.75, 3.05) is 18.0 Å². The Hall–Kier alpha value is -2.90. The number of nitrogens with one attached hydrogen (secondary N) is 1. The highest BCUT2D eigenvalue weighted by molar-refractivity contribution is 5.94. The first-order valence-electron chi connectivity index (χ1n) is 10.3. The molecule has 150 valence electrons. The van der Waals surface area contributed by atoms with Crippen LogP contribution in [0.4, 0.5) is 10.1 Å². The van der Waals surface area contributed by atoms with Gasteiger partial charge in [-0.1, -0.05) is 0 Å². The van der Waals surface area contributed by atoms with E-state index in [0.29, 0.717) is 6.42 Å². The Kier molecular flexibility index (Phi) is 3.54. The minimum atomic E-state index is -0.925. The molecule has 2 bridgehead atoms. The fourth-order valence-electron chi connectivity index (χ4n) is 5.08. The van der Waals surface area contributed by atoms with E-state index in [-0.39, 0.29) is 23.9 Å². The summed E-state index contributed by atoms with van der Waals surface area (Å²) in [5.74, 6) is -0.353. The lowest BCUT2D eigenvalue weighted by Gasteiger charge is -2.42. The average molecular weight is 394 g/mol. The maximum Gasteiger partial charge on any atom is 0.229 e. The number of amides is 1. The number of piperazine rings is 1. The summed E-state index contributed by atoms with van der Waals surface area (Å²) in [6, 6.07) is 4.54. The van der Waals surface area contributed by atoms with Gasteiger partial charge in [-0.05, 0) is 31.4 Å². The molecule has 7 nitrogen and oxygen atoms in total. The fraction of sp³-hybridized carbons (Fsp3) is 0.476. The average Bonchev–Trinajstić information content (AvgIpc) is 3.04. The Labute approximate surface area is 167 Å². The molecule has 0 aromatic carbocycles. The molecule has 3 aromatic rings. The topological polar surface area (TPSA) is 70.1 Å². The van der Waals surface area contributed by atoms with Crippen LogP contribution in [0.5, 0.6) is 0 Å². The molecule has 3 aromatic heterocycles. The second kappa shape index (κ2) is 6.05. The minimum absolute atomic E-state index is 0.0324. The van der Waals surface area contributed by atoms with Gasteiger partial charge in [0.25, 0.3) is 0 Å². The molecule has 3 fully saturated rings. The summed E-state index contributed by atoms with van der Waals surface area (Å²) in [5, 5.41) is 5.33. The van der Waals surface area contributed by atoms with Crippen LogP contribution < -0.4 is 4.90 Å². The van der Waals surface area contributed by atoms with E-state index < -0.39 is 6.17 Å². The number of hydrogen-bond acceptors (Lipinski definition) is 4. The van der Waals surface area contributed by atoms with Gasteiger partial charge in [0.15, 0.2) is 0 Å². The number of fused-ring (bicyclic) bond motifs is 3. The number of H-pyrrole nitrogens is 1. The number of aryl methyl sites for hydroxylation is 1. The van der Waals surface area contributed by atoms with Gasteiger partial charge in [0.1, 0.15) is 11.8 Å². The lowest BCUT2D eigenvalue weighted by molar-refractivity contribution is -0.136. The van der Waals surface area contributed by atoms with Crippen molar-refractivity contribution in [3.05, 3.63) is 30.7 Å². The van der Waals surface area contributed by atoms with Gasteiger partial charge in [-0.15, -0.1) is 0 Å². The van der Waals surface area contributed by atoms with E-state index in [4.69, 9.17) is 0 Å². The molecular formula is C21H23FN6O. The van der Waals surface area contributed by atoms with Crippen LogP contribution in [-0.2, 0) is 11.8 Å². The number of pyridine rings is 1. The van der Waals surface area contributed by atoms with Gasteiger partial charge in [-0.2, -0.15) is 5.10 Å². The Morgan fingerprint density at radius 3 is 2.69 bits per heavy atom. The van der Waals surface area contributed by atoms with Crippen LogP contribution in [0.3, 0.4) is 0 Å². The molecule has 29 heavy (non-hydrogen) atoms. The predicted octanol–water partition coefficient (Wildman–Crippen LogP) is 2.50. The molecule has 1 N–H and O–H groups in total. The maximum atomic E-state index is 13.4. The number of nitrogens with zero attached hydrogens (tertiary/aromatic N) is 5. The van der Waals surface area contributed by atoms with Crippen molar-refractivity contribution in [1.82, 2.24) is 24.6 Å². The number of aromatic nitrogens is 4. The van der Waals surface area contributed by atoms with Gasteiger partial charge >= 0.3 is 0 Å². The highest BCUT2D eigenvalue weighted by atomic mass is 19.1. The fourth-order valence-corrected chi connectivity index (χ4v) is 5.08. The maximum absolute atomic E-state index is 13.4. The van der Waals surface area contributed by atoms with E-state index in [9.17, 15) is 9.18 Å². The van der Waals surface area contributed by atoms with Crippen molar-refractivity contribution in [3.63, 3.8) is 0 Å². The first kappa shape index (κ1) is 17.0. The largest absolute Gasteiger partial charge is 0.367 e. The summed E-state index contributed by atoms with van der Waals surface area (Å²) in [6.45, 7) is 1.58. The van der Waals surface area contributed by atoms with Crippen molar-refractivity contribution in [2.45, 2.75) is 37.5 Å². The molecule has 1 amide bonds. The Morgan fingerprint density at radius 1 is 1.28 bits per heavy atom. The first-order chi connectivity index (χ1) is 14.1. The summed E-state index contributed by atoms with van der Waals surface area (Å²) in [6.07, 6.45) is 7.13. The number of halogens is 1. The summed E-state index contributed by atoms with van der Waals surface area (Å²) in [7, 11) is 1.90. The van der Waals surface area contributed by atoms with Crippen LogP contribution in [0, 0.1) is 5.92 Å². The van der Waals surface area contributed by atoms with Crippen LogP contribution in [0.15, 0.2) is 30.7 Å². The third-order valence-electron chi connectivity index (χ3n) is 6.63. The number of rotatable bonds is 3. The number of carbonyl (C=O) groups excluding carboxylic acids is 1. The van der Waals surface area contributed by atoms with Crippen LogP contribution >= 0.6 is 0 Å². The van der Waals surface area contributed by atoms with Gasteiger partial charge in [-0.3, -0.25) is 9.48 Å². The highest BCUT2D eigenvalue weighted by Crippen LogP contribution is 2.41. The Morgan fingerprint density at radius 2 is 2.03 bits per heavy atom. The summed E-state index contributed by atoms with van der Waals surface area (Å²) < 4.78 is 15.2. The summed E-state index contributed by atoms with van der Waals surface area (Å²) in [5.41, 5.74) is 4.01. The number of carbonyl (C=O) groups is 1. The van der Waals surface area contributed by atoms with E-state index in [1.165, 1.54) is 0 Å². The summed E-state index contributed by atoms with van der Waals surface area (Å²) in [4.78, 5) is 25.0. The van der Waals surface area contributed by atoms with Gasteiger partial charge < -0.3 is 14.8 Å². The first-order valence-corrected chi connectivity index (χ1v) is 10.3. The second-order valence-corrected chi connectivity index (χ2v) is 8.57. The molecule has 1 saturated carbocycles. The molecule has 0 radical (unpaired) electrons. The van der Waals surface area contributed by atoms with Crippen LogP contribution in [-0.4, -0.2) is 61.9 Å². The zero-order chi connectivity index (χ0) is 19.7. The zero-order valence-electron chi connectivity index (χ0n) is 16.3. The zero-order valence-corrected chi connectivity index (χ0v) is 16.3. The second-order valence-electron chi connectivity index (χ2n) is 8.57. The van der Waals surface area contributed by atoms with Crippen LogP contribution in [0.2, 0.25) is 0 Å². The van der Waals surface area contributed by atoms with Crippen molar-refractivity contribution in [1.29, 1.82) is 0 Å². The number of aromatic amines is 1. The van der Waals surface area contributed by atoms with E-state index >= 15 is 0 Å². The summed E-state index contributed by atoms with van der Waals surface area (Å²) >= 11 is 0. The Balaban J connectivity index is 1.31. The van der Waals surface area contributed by atoms with E-state index in [1.807, 2.05) is 30.5 Å². The van der Waals surface area contributed by atoms with Crippen LogP contribution in [0.1, 0.15) is 19.3 Å². The molecule has 8 heteroatoms. The lowest BCUT2D eigenvalue weighted by Crippen LogP contribution is -2.56. The quantitative estimate of drug-likeness (QED) is 0.741. The van der Waals surface area contributed by atoms with Gasteiger partial charge in [0.2, 0.25) is 5.91 Å². The van der Waals surface area contributed by atoms with E-state index in [2.05, 4.69) is 32.1 Å². The molecule has 2 unspecified atom stereocenters. The molecule has 6 rings (SSSR count). The third-order valence-corrected chi connectivity index (χ3v) is 6.63. The normalized spacial score (nSPS) is 28.3. The molecule has 0 spiro atoms. The molecule has 3 aliphatic rings.